The summed E-state index contributed by atoms with van der Waals surface area (Å²) in [6.45, 7) is 2.11. The molecule has 6 nitrogen and oxygen atoms in total. The summed E-state index contributed by atoms with van der Waals surface area (Å²) >= 11 is 0. The maximum absolute atomic E-state index is 13.5. The van der Waals surface area contributed by atoms with Crippen molar-refractivity contribution in [3.8, 4) is 5.75 Å². The van der Waals surface area contributed by atoms with E-state index < -0.39 is 5.82 Å². The third-order valence-electron chi connectivity index (χ3n) is 4.94. The first-order chi connectivity index (χ1) is 12.6. The van der Waals surface area contributed by atoms with Gasteiger partial charge in [0.05, 0.1) is 5.69 Å². The van der Waals surface area contributed by atoms with Crippen LogP contribution < -0.4 is 10.6 Å². The van der Waals surface area contributed by atoms with E-state index in [9.17, 15) is 14.3 Å². The predicted octanol–water partition coefficient (Wildman–Crippen LogP) is 2.84. The molecule has 26 heavy (non-hydrogen) atoms. The molecule has 1 aromatic carbocycles. The highest BCUT2D eigenvalue weighted by molar-refractivity contribution is 5.95. The number of phenols is 1. The van der Waals surface area contributed by atoms with Crippen LogP contribution in [0.3, 0.4) is 0 Å². The standard InChI is InChI=1S/C19H27FN4O2/c20-14-8-9-17(25)16(13-14)23-19(22-15-5-1-2-6-15)21-10-4-12-24-11-3-7-18(24)26/h8-9,13,15,25H,1-7,10-12H2,(H2,21,22,23). The van der Waals surface area contributed by atoms with Gasteiger partial charge >= 0.3 is 0 Å². The topological polar surface area (TPSA) is 77.0 Å². The molecule has 1 heterocycles. The molecule has 0 radical (unpaired) electrons. The molecule has 3 rings (SSSR count). The van der Waals surface area contributed by atoms with Crippen LogP contribution in [0.5, 0.6) is 5.75 Å². The fraction of sp³-hybridized carbons (Fsp3) is 0.579. The van der Waals surface area contributed by atoms with Gasteiger partial charge in [0, 0.05) is 38.2 Å². The molecule has 0 unspecified atom stereocenters. The lowest BCUT2D eigenvalue weighted by molar-refractivity contribution is -0.127. The number of guanidine groups is 1. The van der Waals surface area contributed by atoms with Crippen molar-refractivity contribution in [3.63, 3.8) is 0 Å². The average molecular weight is 362 g/mol. The Labute approximate surface area is 153 Å². The van der Waals surface area contributed by atoms with Crippen LogP contribution in [0.2, 0.25) is 0 Å². The zero-order valence-corrected chi connectivity index (χ0v) is 15.0. The number of hydrogen-bond acceptors (Lipinski definition) is 3. The summed E-state index contributed by atoms with van der Waals surface area (Å²) in [6, 6.07) is 4.14. The molecule has 1 amide bonds. The van der Waals surface area contributed by atoms with Crippen LogP contribution in [0.1, 0.15) is 44.9 Å². The van der Waals surface area contributed by atoms with Gasteiger partial charge in [-0.25, -0.2) is 4.39 Å². The maximum atomic E-state index is 13.5. The lowest BCUT2D eigenvalue weighted by atomic mass is 10.2. The fourth-order valence-electron chi connectivity index (χ4n) is 3.51. The molecule has 0 spiro atoms. The Balaban J connectivity index is 1.60. The van der Waals surface area contributed by atoms with Gasteiger partial charge in [-0.2, -0.15) is 0 Å². The van der Waals surface area contributed by atoms with E-state index in [2.05, 4.69) is 15.6 Å². The van der Waals surface area contributed by atoms with Crippen LogP contribution in [0, 0.1) is 5.82 Å². The van der Waals surface area contributed by atoms with E-state index in [0.717, 1.165) is 32.2 Å². The molecule has 1 saturated heterocycles. The van der Waals surface area contributed by atoms with Gasteiger partial charge in [0.2, 0.25) is 5.91 Å². The molecule has 0 aromatic heterocycles. The summed E-state index contributed by atoms with van der Waals surface area (Å²) in [7, 11) is 0. The fourth-order valence-corrected chi connectivity index (χ4v) is 3.51. The third-order valence-corrected chi connectivity index (χ3v) is 4.94. The molecule has 1 saturated carbocycles. The SMILES string of the molecule is O=C1CCCN1CCCN=C(Nc1cc(F)ccc1O)NC1CCCC1. The van der Waals surface area contributed by atoms with Crippen molar-refractivity contribution in [2.24, 2.45) is 4.99 Å². The minimum absolute atomic E-state index is 0.0185. The summed E-state index contributed by atoms with van der Waals surface area (Å²) in [5, 5.41) is 16.3. The molecular formula is C19H27FN4O2. The van der Waals surface area contributed by atoms with E-state index in [-0.39, 0.29) is 11.7 Å². The number of rotatable bonds is 6. The van der Waals surface area contributed by atoms with Gasteiger partial charge < -0.3 is 20.6 Å². The summed E-state index contributed by atoms with van der Waals surface area (Å²) in [5.41, 5.74) is 0.295. The van der Waals surface area contributed by atoms with E-state index in [1.165, 1.54) is 31.0 Å². The van der Waals surface area contributed by atoms with Crippen LogP contribution in [0.4, 0.5) is 10.1 Å². The average Bonchev–Trinajstić information content (AvgIpc) is 3.27. The number of halogens is 1. The van der Waals surface area contributed by atoms with Crippen LogP contribution in [0.25, 0.3) is 0 Å². The normalized spacial score (nSPS) is 18.6. The molecule has 1 aliphatic carbocycles. The lowest BCUT2D eigenvalue weighted by Gasteiger charge is -2.18. The van der Waals surface area contributed by atoms with Gasteiger partial charge in [0.15, 0.2) is 5.96 Å². The van der Waals surface area contributed by atoms with Gasteiger partial charge in [-0.05, 0) is 37.8 Å². The lowest BCUT2D eigenvalue weighted by Crippen LogP contribution is -2.38. The molecule has 2 fully saturated rings. The molecule has 0 atom stereocenters. The molecule has 1 aliphatic heterocycles. The second-order valence-corrected chi connectivity index (χ2v) is 6.98. The van der Waals surface area contributed by atoms with Crippen molar-refractivity contribution in [3.05, 3.63) is 24.0 Å². The monoisotopic (exact) mass is 362 g/mol. The highest BCUT2D eigenvalue weighted by atomic mass is 19.1. The number of anilines is 1. The van der Waals surface area contributed by atoms with E-state index in [1.54, 1.807) is 0 Å². The molecule has 142 valence electrons. The summed E-state index contributed by atoms with van der Waals surface area (Å²) < 4.78 is 13.5. The largest absolute Gasteiger partial charge is 0.506 e. The number of carbonyl (C=O) groups excluding carboxylic acids is 1. The number of carbonyl (C=O) groups is 1. The molecule has 1 aromatic rings. The Kier molecular flexibility index (Phi) is 6.30. The molecule has 3 N–H and O–H groups in total. The van der Waals surface area contributed by atoms with Crippen molar-refractivity contribution in [1.82, 2.24) is 10.2 Å². The van der Waals surface area contributed by atoms with Crippen molar-refractivity contribution >= 4 is 17.6 Å². The minimum atomic E-state index is -0.418. The third kappa shape index (κ3) is 5.09. The second-order valence-electron chi connectivity index (χ2n) is 6.98. The number of nitrogens with zero attached hydrogens (tertiary/aromatic N) is 2. The Bertz CT molecular complexity index is 659. The Morgan fingerprint density at radius 3 is 2.85 bits per heavy atom. The van der Waals surface area contributed by atoms with Crippen molar-refractivity contribution in [2.75, 3.05) is 25.0 Å². The Morgan fingerprint density at radius 1 is 1.31 bits per heavy atom. The maximum Gasteiger partial charge on any atom is 0.222 e. The Hall–Kier alpha value is -2.31. The van der Waals surface area contributed by atoms with E-state index in [0.29, 0.717) is 37.2 Å². The van der Waals surface area contributed by atoms with E-state index >= 15 is 0 Å². The molecule has 2 aliphatic rings. The van der Waals surface area contributed by atoms with Gasteiger partial charge in [-0.3, -0.25) is 9.79 Å². The number of nitrogens with one attached hydrogen (secondary N) is 2. The van der Waals surface area contributed by atoms with E-state index in [1.807, 2.05) is 4.90 Å². The molecule has 0 bridgehead atoms. The number of phenolic OH excluding ortho intramolecular Hbond substituents is 1. The highest BCUT2D eigenvalue weighted by Gasteiger charge is 2.19. The quantitative estimate of drug-likeness (QED) is 0.315. The first-order valence-electron chi connectivity index (χ1n) is 9.46. The number of likely N-dealkylation sites (tertiary alicyclic amines) is 1. The minimum Gasteiger partial charge on any atom is -0.506 e. The number of benzene rings is 1. The number of hydrogen-bond donors (Lipinski definition) is 3. The van der Waals surface area contributed by atoms with Crippen molar-refractivity contribution in [1.29, 1.82) is 0 Å². The summed E-state index contributed by atoms with van der Waals surface area (Å²) in [6.07, 6.45) is 6.91. The van der Waals surface area contributed by atoms with Crippen LogP contribution >= 0.6 is 0 Å². The first kappa shape index (κ1) is 18.5. The van der Waals surface area contributed by atoms with Gasteiger partial charge in [0.25, 0.3) is 0 Å². The van der Waals surface area contributed by atoms with Gasteiger partial charge in [0.1, 0.15) is 11.6 Å². The number of amides is 1. The van der Waals surface area contributed by atoms with Gasteiger partial charge in [-0.15, -0.1) is 0 Å². The molecule has 7 heteroatoms. The van der Waals surface area contributed by atoms with E-state index in [4.69, 9.17) is 0 Å². The second kappa shape index (κ2) is 8.87. The predicted molar refractivity (Wildman–Crippen MR) is 99.8 cm³/mol. The summed E-state index contributed by atoms with van der Waals surface area (Å²) in [4.78, 5) is 18.1. The van der Waals surface area contributed by atoms with Crippen molar-refractivity contribution < 1.29 is 14.3 Å². The van der Waals surface area contributed by atoms with Crippen LogP contribution in [0.15, 0.2) is 23.2 Å². The smallest absolute Gasteiger partial charge is 0.222 e. The van der Waals surface area contributed by atoms with Crippen LogP contribution in [-0.2, 0) is 4.79 Å². The number of aliphatic imine (C=N–C) groups is 1. The van der Waals surface area contributed by atoms with Crippen LogP contribution in [-0.4, -0.2) is 47.5 Å². The van der Waals surface area contributed by atoms with Gasteiger partial charge in [-0.1, -0.05) is 12.8 Å². The van der Waals surface area contributed by atoms with Crippen molar-refractivity contribution in [2.45, 2.75) is 51.0 Å². The zero-order valence-electron chi connectivity index (χ0n) is 15.0. The number of aromatic hydroxyl groups is 1. The Morgan fingerprint density at radius 2 is 2.12 bits per heavy atom. The first-order valence-corrected chi connectivity index (χ1v) is 9.46. The molecular weight excluding hydrogens is 335 g/mol. The summed E-state index contributed by atoms with van der Waals surface area (Å²) in [5.74, 6) is 0.333. The highest BCUT2D eigenvalue weighted by Crippen LogP contribution is 2.24. The zero-order chi connectivity index (χ0) is 18.4.